The summed E-state index contributed by atoms with van der Waals surface area (Å²) >= 11 is 0. The van der Waals surface area contributed by atoms with E-state index < -0.39 is 6.10 Å². The molecule has 2 aromatic rings. The quantitative estimate of drug-likeness (QED) is 0.901. The largest absolute Gasteiger partial charge is 0.493 e. The van der Waals surface area contributed by atoms with Crippen LogP contribution in [0.5, 0.6) is 5.75 Å². The molecule has 0 spiro atoms. The molecule has 0 amide bonds. The molecule has 0 aromatic heterocycles. The van der Waals surface area contributed by atoms with Crippen molar-refractivity contribution in [3.8, 4) is 5.75 Å². The molecule has 0 radical (unpaired) electrons. The minimum Gasteiger partial charge on any atom is -0.493 e. The first-order chi connectivity index (χ1) is 10.1. The maximum Gasteiger partial charge on any atom is 0.128 e. The summed E-state index contributed by atoms with van der Waals surface area (Å²) in [5, 5.41) is 10.9. The Bertz CT molecular complexity index is 650. The molecule has 1 heterocycles. The molecule has 1 N–H and O–H groups in total. The van der Waals surface area contributed by atoms with E-state index in [1.165, 1.54) is 11.1 Å². The lowest BCUT2D eigenvalue weighted by Gasteiger charge is -2.24. The van der Waals surface area contributed by atoms with Gasteiger partial charge in [-0.3, -0.25) is 0 Å². The molecular weight excluding hydrogens is 260 g/mol. The van der Waals surface area contributed by atoms with Crippen LogP contribution >= 0.6 is 0 Å². The number of aliphatic hydroxyl groups is 1. The summed E-state index contributed by atoms with van der Waals surface area (Å²) in [6, 6.07) is 10.3. The lowest BCUT2D eigenvalue weighted by molar-refractivity contribution is 0.205. The summed E-state index contributed by atoms with van der Waals surface area (Å²) in [5.41, 5.74) is 6.60. The number of aryl methyl sites for hydroxylation is 4. The first-order valence-corrected chi connectivity index (χ1v) is 7.58. The molecule has 2 nitrogen and oxygen atoms in total. The molecule has 0 bridgehead atoms. The summed E-state index contributed by atoms with van der Waals surface area (Å²) in [6.45, 7) is 6.95. The average Bonchev–Trinajstić information content (AvgIpc) is 2.45. The minimum atomic E-state index is -0.626. The molecule has 0 fully saturated rings. The average molecular weight is 282 g/mol. The summed E-state index contributed by atoms with van der Waals surface area (Å²) in [6.07, 6.45) is 1.45. The number of para-hydroxylation sites is 1. The molecule has 2 aromatic carbocycles. The monoisotopic (exact) mass is 282 g/mol. The number of hydrogen-bond donors (Lipinski definition) is 1. The van der Waals surface area contributed by atoms with E-state index in [0.29, 0.717) is 0 Å². The molecule has 0 saturated carbocycles. The van der Waals surface area contributed by atoms with Crippen molar-refractivity contribution in [3.63, 3.8) is 0 Å². The Hall–Kier alpha value is -1.80. The number of ether oxygens (including phenoxy) is 1. The zero-order valence-corrected chi connectivity index (χ0v) is 12.9. The van der Waals surface area contributed by atoms with Gasteiger partial charge in [0.25, 0.3) is 0 Å². The predicted octanol–water partition coefficient (Wildman–Crippen LogP) is 4.02. The van der Waals surface area contributed by atoms with Gasteiger partial charge < -0.3 is 9.84 Å². The number of hydrogen-bond acceptors (Lipinski definition) is 2. The van der Waals surface area contributed by atoms with E-state index in [1.807, 2.05) is 12.1 Å². The highest BCUT2D eigenvalue weighted by Crippen LogP contribution is 2.37. The molecule has 1 atom stereocenters. The van der Waals surface area contributed by atoms with E-state index in [0.717, 1.165) is 47.5 Å². The van der Waals surface area contributed by atoms with Crippen molar-refractivity contribution in [3.05, 3.63) is 63.7 Å². The van der Waals surface area contributed by atoms with E-state index in [4.69, 9.17) is 4.74 Å². The Balaban J connectivity index is 2.09. The van der Waals surface area contributed by atoms with Gasteiger partial charge in [0.05, 0.1) is 6.61 Å². The van der Waals surface area contributed by atoms with Crippen molar-refractivity contribution in [1.82, 2.24) is 0 Å². The molecule has 2 heteroatoms. The zero-order valence-electron chi connectivity index (χ0n) is 12.9. The van der Waals surface area contributed by atoms with Gasteiger partial charge in [-0.2, -0.15) is 0 Å². The molecule has 0 saturated heterocycles. The van der Waals surface area contributed by atoms with Gasteiger partial charge in [0.2, 0.25) is 0 Å². The van der Waals surface area contributed by atoms with Crippen LogP contribution in [0.15, 0.2) is 30.3 Å². The summed E-state index contributed by atoms with van der Waals surface area (Å²) in [7, 11) is 0. The van der Waals surface area contributed by atoms with Crippen molar-refractivity contribution >= 4 is 0 Å². The van der Waals surface area contributed by atoms with Crippen molar-refractivity contribution in [2.75, 3.05) is 6.61 Å². The Morgan fingerprint density at radius 1 is 1.10 bits per heavy atom. The van der Waals surface area contributed by atoms with Gasteiger partial charge in [-0.05, 0) is 55.9 Å². The van der Waals surface area contributed by atoms with Crippen LogP contribution in [0.4, 0.5) is 0 Å². The summed E-state index contributed by atoms with van der Waals surface area (Å²) in [4.78, 5) is 0. The van der Waals surface area contributed by atoms with Crippen LogP contribution in [0.25, 0.3) is 0 Å². The van der Waals surface area contributed by atoms with Crippen molar-refractivity contribution < 1.29 is 9.84 Å². The van der Waals surface area contributed by atoms with Gasteiger partial charge in [-0.15, -0.1) is 0 Å². The van der Waals surface area contributed by atoms with Crippen LogP contribution < -0.4 is 4.74 Å². The van der Waals surface area contributed by atoms with Crippen molar-refractivity contribution in [2.45, 2.75) is 39.7 Å². The van der Waals surface area contributed by atoms with Crippen LogP contribution in [0.2, 0.25) is 0 Å². The van der Waals surface area contributed by atoms with E-state index in [-0.39, 0.29) is 0 Å². The summed E-state index contributed by atoms with van der Waals surface area (Å²) < 4.78 is 5.84. The topological polar surface area (TPSA) is 29.5 Å². The van der Waals surface area contributed by atoms with Gasteiger partial charge in [-0.25, -0.2) is 0 Å². The van der Waals surface area contributed by atoms with Gasteiger partial charge in [-0.1, -0.05) is 35.9 Å². The van der Waals surface area contributed by atoms with E-state index in [1.54, 1.807) is 0 Å². The van der Waals surface area contributed by atoms with Crippen LogP contribution in [-0.4, -0.2) is 11.7 Å². The number of benzene rings is 2. The Labute approximate surface area is 126 Å². The number of fused-ring (bicyclic) bond motifs is 1. The van der Waals surface area contributed by atoms with Gasteiger partial charge in [0.15, 0.2) is 0 Å². The third-order valence-corrected chi connectivity index (χ3v) is 4.27. The number of aliphatic hydroxyl groups excluding tert-OH is 1. The molecule has 1 aliphatic heterocycles. The Kier molecular flexibility index (Phi) is 3.73. The fraction of sp³-hybridized carbons (Fsp3) is 0.368. The molecule has 110 valence electrons. The van der Waals surface area contributed by atoms with Crippen molar-refractivity contribution in [2.24, 2.45) is 0 Å². The zero-order chi connectivity index (χ0) is 15.0. The van der Waals surface area contributed by atoms with Gasteiger partial charge >= 0.3 is 0 Å². The fourth-order valence-corrected chi connectivity index (χ4v) is 3.41. The fourth-order valence-electron chi connectivity index (χ4n) is 3.41. The van der Waals surface area contributed by atoms with Crippen LogP contribution in [0.1, 0.15) is 45.9 Å². The van der Waals surface area contributed by atoms with Gasteiger partial charge in [0, 0.05) is 5.56 Å². The second kappa shape index (κ2) is 5.53. The smallest absolute Gasteiger partial charge is 0.128 e. The Morgan fingerprint density at radius 3 is 2.52 bits per heavy atom. The van der Waals surface area contributed by atoms with Crippen molar-refractivity contribution in [1.29, 1.82) is 0 Å². The molecule has 21 heavy (non-hydrogen) atoms. The maximum absolute atomic E-state index is 10.9. The SMILES string of the molecule is Cc1cc(C)c(C(O)c2cccc3c2OCCC3)c(C)c1. The van der Waals surface area contributed by atoms with E-state index in [9.17, 15) is 5.11 Å². The van der Waals surface area contributed by atoms with E-state index >= 15 is 0 Å². The highest BCUT2D eigenvalue weighted by atomic mass is 16.5. The standard InChI is InChI=1S/C19H22O2/c1-12-10-13(2)17(14(3)11-12)18(20)16-8-4-6-15-7-5-9-21-19(15)16/h4,6,8,10-11,18,20H,5,7,9H2,1-3H3. The highest BCUT2D eigenvalue weighted by molar-refractivity contribution is 5.50. The normalized spacial score (nSPS) is 15.2. The molecule has 3 rings (SSSR count). The molecule has 1 unspecified atom stereocenters. The van der Waals surface area contributed by atoms with E-state index in [2.05, 4.69) is 39.0 Å². The van der Waals surface area contributed by atoms with Gasteiger partial charge in [0.1, 0.15) is 11.9 Å². The number of rotatable bonds is 2. The lowest BCUT2D eigenvalue weighted by Crippen LogP contribution is -2.13. The summed E-state index contributed by atoms with van der Waals surface area (Å²) in [5.74, 6) is 0.885. The lowest BCUT2D eigenvalue weighted by atomic mass is 9.90. The molecule has 1 aliphatic rings. The van der Waals surface area contributed by atoms with Crippen LogP contribution in [0, 0.1) is 20.8 Å². The molecular formula is C19H22O2. The first-order valence-electron chi connectivity index (χ1n) is 7.58. The third-order valence-electron chi connectivity index (χ3n) is 4.27. The second-order valence-corrected chi connectivity index (χ2v) is 6.00. The highest BCUT2D eigenvalue weighted by Gasteiger charge is 2.23. The second-order valence-electron chi connectivity index (χ2n) is 6.00. The maximum atomic E-state index is 10.9. The minimum absolute atomic E-state index is 0.626. The molecule has 0 aliphatic carbocycles. The van der Waals surface area contributed by atoms with Crippen LogP contribution in [0.3, 0.4) is 0 Å². The van der Waals surface area contributed by atoms with Crippen LogP contribution in [-0.2, 0) is 6.42 Å². The first kappa shape index (κ1) is 14.2. The third kappa shape index (κ3) is 2.56. The Morgan fingerprint density at radius 2 is 1.81 bits per heavy atom. The predicted molar refractivity (Wildman–Crippen MR) is 85.0 cm³/mol.